The van der Waals surface area contributed by atoms with Crippen LogP contribution in [0, 0.1) is 10.8 Å². The lowest BCUT2D eigenvalue weighted by molar-refractivity contribution is 0.532. The molecular formula is C12H24S2Si. The van der Waals surface area contributed by atoms with Crippen LogP contribution in [-0.4, -0.2) is 20.5 Å². The van der Waals surface area contributed by atoms with Gasteiger partial charge in [0, 0.05) is 15.1 Å². The van der Waals surface area contributed by atoms with Crippen molar-refractivity contribution in [2.75, 3.05) is 5.38 Å². The highest BCUT2D eigenvalue weighted by Gasteiger charge is 2.21. The van der Waals surface area contributed by atoms with Gasteiger partial charge >= 0.3 is 0 Å². The van der Waals surface area contributed by atoms with Crippen LogP contribution in [-0.2, 0) is 0 Å². The van der Waals surface area contributed by atoms with Crippen LogP contribution in [0.2, 0.25) is 0 Å². The number of thioether (sulfide) groups is 1. The highest BCUT2D eigenvalue weighted by atomic mass is 32.2. The molecule has 0 spiro atoms. The SMILES string of the molecule is CC(C)(C)C(=S)/C=C(\SC[SiH3])C(C)(C)C. The lowest BCUT2D eigenvalue weighted by Gasteiger charge is -2.25. The molecule has 0 aromatic carbocycles. The maximum atomic E-state index is 5.47. The molecule has 0 saturated heterocycles. The first-order valence-electron chi connectivity index (χ1n) is 5.48. The third-order valence-electron chi connectivity index (χ3n) is 2.04. The second kappa shape index (κ2) is 5.64. The van der Waals surface area contributed by atoms with Gasteiger partial charge in [-0.3, -0.25) is 0 Å². The molecule has 0 aromatic heterocycles. The molecule has 0 aromatic rings. The Kier molecular flexibility index (Phi) is 5.79. The van der Waals surface area contributed by atoms with Crippen molar-refractivity contribution in [3.63, 3.8) is 0 Å². The second-order valence-corrected chi connectivity index (χ2v) is 9.28. The van der Waals surface area contributed by atoms with Gasteiger partial charge in [0.1, 0.15) is 0 Å². The van der Waals surface area contributed by atoms with E-state index in [1.807, 2.05) is 11.8 Å². The molecule has 0 N–H and O–H groups in total. The molecule has 0 aliphatic heterocycles. The Bertz CT molecular complexity index is 254. The lowest BCUT2D eigenvalue weighted by atomic mass is 9.88. The van der Waals surface area contributed by atoms with Crippen LogP contribution in [0.4, 0.5) is 0 Å². The highest BCUT2D eigenvalue weighted by Crippen LogP contribution is 2.35. The van der Waals surface area contributed by atoms with Crippen molar-refractivity contribution >= 4 is 39.1 Å². The third-order valence-corrected chi connectivity index (χ3v) is 4.97. The predicted molar refractivity (Wildman–Crippen MR) is 82.0 cm³/mol. The zero-order valence-corrected chi connectivity index (χ0v) is 14.7. The van der Waals surface area contributed by atoms with Crippen LogP contribution < -0.4 is 0 Å². The first-order chi connectivity index (χ1) is 6.59. The van der Waals surface area contributed by atoms with Crippen molar-refractivity contribution in [1.29, 1.82) is 0 Å². The number of rotatable bonds is 3. The third kappa shape index (κ3) is 5.88. The lowest BCUT2D eigenvalue weighted by Crippen LogP contribution is -2.18. The fourth-order valence-electron chi connectivity index (χ4n) is 0.966. The summed E-state index contributed by atoms with van der Waals surface area (Å²) >= 11 is 7.44. The second-order valence-electron chi connectivity index (χ2n) is 5.81. The molecule has 0 bridgehead atoms. The summed E-state index contributed by atoms with van der Waals surface area (Å²) in [7, 11) is 1.24. The van der Waals surface area contributed by atoms with Gasteiger partial charge in [-0.2, -0.15) is 0 Å². The van der Waals surface area contributed by atoms with Gasteiger partial charge in [-0.25, -0.2) is 0 Å². The normalized spacial score (nSPS) is 14.4. The Morgan fingerprint density at radius 1 is 1.13 bits per heavy atom. The van der Waals surface area contributed by atoms with E-state index in [9.17, 15) is 0 Å². The van der Waals surface area contributed by atoms with Crippen molar-refractivity contribution in [3.8, 4) is 0 Å². The minimum Gasteiger partial charge on any atom is -0.134 e. The van der Waals surface area contributed by atoms with E-state index in [-0.39, 0.29) is 10.8 Å². The molecule has 15 heavy (non-hydrogen) atoms. The van der Waals surface area contributed by atoms with E-state index in [1.165, 1.54) is 20.5 Å². The Hall–Kier alpha value is 0.397. The Balaban J connectivity index is 4.94. The quantitative estimate of drug-likeness (QED) is 0.433. The molecule has 0 rings (SSSR count). The summed E-state index contributed by atoms with van der Waals surface area (Å²) in [5.74, 6) is 0. The minimum absolute atomic E-state index is 0.109. The Morgan fingerprint density at radius 3 is 1.87 bits per heavy atom. The molecule has 0 heterocycles. The highest BCUT2D eigenvalue weighted by molar-refractivity contribution is 8.04. The van der Waals surface area contributed by atoms with Gasteiger partial charge in [0.05, 0.1) is 0 Å². The zero-order valence-electron chi connectivity index (χ0n) is 11.1. The summed E-state index contributed by atoms with van der Waals surface area (Å²) in [5.41, 5.74) is 0.335. The molecular weight excluding hydrogens is 236 g/mol. The van der Waals surface area contributed by atoms with Crippen molar-refractivity contribution in [2.45, 2.75) is 41.5 Å². The van der Waals surface area contributed by atoms with Gasteiger partial charge in [-0.15, -0.1) is 11.8 Å². The van der Waals surface area contributed by atoms with Crippen molar-refractivity contribution in [1.82, 2.24) is 0 Å². The largest absolute Gasteiger partial charge is 0.134 e. The van der Waals surface area contributed by atoms with Crippen molar-refractivity contribution < 1.29 is 0 Å². The maximum absolute atomic E-state index is 5.47. The van der Waals surface area contributed by atoms with Gasteiger partial charge in [-0.1, -0.05) is 53.8 Å². The molecule has 0 radical (unpaired) electrons. The van der Waals surface area contributed by atoms with E-state index in [2.05, 4.69) is 47.6 Å². The Morgan fingerprint density at radius 2 is 1.60 bits per heavy atom. The molecule has 0 aliphatic carbocycles. The molecule has 0 saturated carbocycles. The summed E-state index contributed by atoms with van der Waals surface area (Å²) in [4.78, 5) is 2.49. The summed E-state index contributed by atoms with van der Waals surface area (Å²) in [6.07, 6.45) is 2.22. The topological polar surface area (TPSA) is 0 Å². The number of thiocarbonyl (C=S) groups is 1. The number of hydrogen-bond acceptors (Lipinski definition) is 2. The van der Waals surface area contributed by atoms with Gasteiger partial charge < -0.3 is 0 Å². The van der Waals surface area contributed by atoms with E-state index < -0.39 is 0 Å². The standard InChI is InChI=1S/C12H24S2Si/c1-11(2,3)9(13)7-10(14-8-15)12(4,5)6/h7H,8H2,1-6,15H3/b10-7-. The predicted octanol–water partition coefficient (Wildman–Crippen LogP) is 3.39. The molecule has 0 nitrogen and oxygen atoms in total. The van der Waals surface area contributed by atoms with Crippen LogP contribution in [0.3, 0.4) is 0 Å². The number of hydrogen-bond donors (Lipinski definition) is 0. The van der Waals surface area contributed by atoms with Crippen molar-refractivity contribution in [2.24, 2.45) is 10.8 Å². The van der Waals surface area contributed by atoms with E-state index in [4.69, 9.17) is 12.2 Å². The minimum atomic E-state index is 0.109. The molecule has 0 atom stereocenters. The first kappa shape index (κ1) is 15.4. The molecule has 88 valence electrons. The van der Waals surface area contributed by atoms with Gasteiger partial charge in [0.15, 0.2) is 0 Å². The molecule has 3 heteroatoms. The molecule has 0 amide bonds. The van der Waals surface area contributed by atoms with Crippen LogP contribution in [0.15, 0.2) is 11.0 Å². The fourth-order valence-corrected chi connectivity index (χ4v) is 3.04. The maximum Gasteiger partial charge on any atom is 0.0213 e. The van der Waals surface area contributed by atoms with Crippen LogP contribution in [0.5, 0.6) is 0 Å². The summed E-state index contributed by atoms with van der Waals surface area (Å²) in [6, 6.07) is 0. The van der Waals surface area contributed by atoms with Crippen LogP contribution in [0.25, 0.3) is 0 Å². The van der Waals surface area contributed by atoms with Crippen molar-refractivity contribution in [3.05, 3.63) is 11.0 Å². The smallest absolute Gasteiger partial charge is 0.0213 e. The first-order valence-corrected chi connectivity index (χ1v) is 8.29. The summed E-state index contributed by atoms with van der Waals surface area (Å²) in [5, 5.41) is 1.25. The average Bonchev–Trinajstić information content (AvgIpc) is 1.99. The van der Waals surface area contributed by atoms with Gasteiger partial charge in [0.25, 0.3) is 0 Å². The number of allylic oxidation sites excluding steroid dienone is 2. The monoisotopic (exact) mass is 260 g/mol. The average molecular weight is 261 g/mol. The zero-order chi connectivity index (χ0) is 12.3. The Labute approximate surface area is 108 Å². The summed E-state index contributed by atoms with van der Waals surface area (Å²) < 4.78 is 0. The molecule has 0 unspecified atom stereocenters. The van der Waals surface area contributed by atoms with Gasteiger partial charge in [-0.05, 0) is 27.2 Å². The van der Waals surface area contributed by atoms with E-state index in [0.717, 1.165) is 4.86 Å². The fraction of sp³-hybridized carbons (Fsp3) is 0.750. The van der Waals surface area contributed by atoms with E-state index in [0.29, 0.717) is 0 Å². The van der Waals surface area contributed by atoms with E-state index in [1.54, 1.807) is 0 Å². The molecule has 0 fully saturated rings. The summed E-state index contributed by atoms with van der Waals surface area (Å²) in [6.45, 7) is 13.3. The van der Waals surface area contributed by atoms with E-state index >= 15 is 0 Å². The van der Waals surface area contributed by atoms with Crippen LogP contribution in [0.1, 0.15) is 41.5 Å². The molecule has 0 aliphatic rings. The van der Waals surface area contributed by atoms with Gasteiger partial charge in [0.2, 0.25) is 0 Å². The van der Waals surface area contributed by atoms with Crippen LogP contribution >= 0.6 is 24.0 Å².